The highest BCUT2D eigenvalue weighted by Gasteiger charge is 2.31. The number of hydrogen-bond donors (Lipinski definition) is 2. The van der Waals surface area contributed by atoms with Crippen LogP contribution in [0, 0.1) is 0 Å². The van der Waals surface area contributed by atoms with E-state index in [1.807, 2.05) is 0 Å². The van der Waals surface area contributed by atoms with Crippen LogP contribution in [0.3, 0.4) is 0 Å². The molecule has 1 aromatic carbocycles. The minimum atomic E-state index is -4.77. The van der Waals surface area contributed by atoms with E-state index in [9.17, 15) is 22.8 Å². The molecule has 0 aromatic heterocycles. The lowest BCUT2D eigenvalue weighted by Crippen LogP contribution is -2.26. The Bertz CT molecular complexity index is 517. The molecule has 0 aliphatic carbocycles. The molecule has 0 aliphatic heterocycles. The Morgan fingerprint density at radius 3 is 2.59 bits per heavy atom. The van der Waals surface area contributed by atoms with E-state index in [0.717, 1.165) is 12.1 Å². The van der Waals surface area contributed by atoms with Crippen molar-refractivity contribution in [3.05, 3.63) is 29.8 Å². The standard InChI is InChI=1S/C14H16F3NO4/c15-14(16,17)22-11-5-3-4-10(8-11)9-12(19)18-7-2-1-6-13(20)21/h3-5,8H,1-2,6-7,9H2,(H,18,19)(H,20,21). The van der Waals surface area contributed by atoms with Crippen LogP contribution in [-0.4, -0.2) is 29.9 Å². The summed E-state index contributed by atoms with van der Waals surface area (Å²) in [5.74, 6) is -1.62. The van der Waals surface area contributed by atoms with Gasteiger partial charge in [-0.2, -0.15) is 0 Å². The molecule has 2 N–H and O–H groups in total. The van der Waals surface area contributed by atoms with Crippen LogP contribution in [0.2, 0.25) is 0 Å². The first kappa shape index (κ1) is 17.8. The Balaban J connectivity index is 2.38. The first-order valence-corrected chi connectivity index (χ1v) is 6.59. The van der Waals surface area contributed by atoms with Crippen LogP contribution in [0.4, 0.5) is 13.2 Å². The Labute approximate surface area is 125 Å². The predicted molar refractivity (Wildman–Crippen MR) is 71.3 cm³/mol. The van der Waals surface area contributed by atoms with Crippen LogP contribution in [0.25, 0.3) is 0 Å². The number of amides is 1. The van der Waals surface area contributed by atoms with Gasteiger partial charge in [0.2, 0.25) is 5.91 Å². The van der Waals surface area contributed by atoms with Crippen molar-refractivity contribution < 1.29 is 32.6 Å². The maximum atomic E-state index is 12.1. The summed E-state index contributed by atoms with van der Waals surface area (Å²) < 4.78 is 40.0. The van der Waals surface area contributed by atoms with Crippen LogP contribution in [0.1, 0.15) is 24.8 Å². The summed E-state index contributed by atoms with van der Waals surface area (Å²) >= 11 is 0. The molecular formula is C14H16F3NO4. The van der Waals surface area contributed by atoms with Crippen molar-refractivity contribution in [2.75, 3.05) is 6.54 Å². The Hall–Kier alpha value is -2.25. The number of alkyl halides is 3. The maximum absolute atomic E-state index is 12.1. The van der Waals surface area contributed by atoms with Gasteiger partial charge in [0.25, 0.3) is 0 Å². The summed E-state index contributed by atoms with van der Waals surface area (Å²) in [5, 5.41) is 11.0. The lowest BCUT2D eigenvalue weighted by molar-refractivity contribution is -0.274. The Morgan fingerprint density at radius 1 is 1.23 bits per heavy atom. The van der Waals surface area contributed by atoms with E-state index in [-0.39, 0.29) is 24.5 Å². The van der Waals surface area contributed by atoms with Gasteiger partial charge in [-0.05, 0) is 30.5 Å². The first-order valence-electron chi connectivity index (χ1n) is 6.59. The summed E-state index contributed by atoms with van der Waals surface area (Å²) in [7, 11) is 0. The number of nitrogens with one attached hydrogen (secondary N) is 1. The number of unbranched alkanes of at least 4 members (excludes halogenated alkanes) is 1. The highest BCUT2D eigenvalue weighted by atomic mass is 19.4. The Kier molecular flexibility index (Phi) is 6.68. The highest BCUT2D eigenvalue weighted by Crippen LogP contribution is 2.23. The van der Waals surface area contributed by atoms with Gasteiger partial charge in [0.05, 0.1) is 6.42 Å². The summed E-state index contributed by atoms with van der Waals surface area (Å²) in [6, 6.07) is 5.20. The zero-order valence-corrected chi connectivity index (χ0v) is 11.7. The van der Waals surface area contributed by atoms with Gasteiger partial charge < -0.3 is 15.2 Å². The van der Waals surface area contributed by atoms with Crippen LogP contribution >= 0.6 is 0 Å². The number of carboxylic acid groups (broad SMARTS) is 1. The summed E-state index contributed by atoms with van der Waals surface area (Å²) in [4.78, 5) is 21.9. The van der Waals surface area contributed by atoms with Crippen molar-refractivity contribution in [3.63, 3.8) is 0 Å². The number of hydrogen-bond acceptors (Lipinski definition) is 3. The number of aliphatic carboxylic acids is 1. The lowest BCUT2D eigenvalue weighted by atomic mass is 10.1. The fraction of sp³-hybridized carbons (Fsp3) is 0.429. The number of carbonyl (C=O) groups is 2. The molecule has 0 saturated carbocycles. The van der Waals surface area contributed by atoms with E-state index in [4.69, 9.17) is 5.11 Å². The van der Waals surface area contributed by atoms with E-state index in [2.05, 4.69) is 10.1 Å². The zero-order chi connectivity index (χ0) is 16.6. The van der Waals surface area contributed by atoms with Gasteiger partial charge in [-0.15, -0.1) is 13.2 Å². The fourth-order valence-corrected chi connectivity index (χ4v) is 1.73. The average Bonchev–Trinajstić information content (AvgIpc) is 2.36. The number of rotatable bonds is 8. The van der Waals surface area contributed by atoms with Gasteiger partial charge in [0.15, 0.2) is 0 Å². The Morgan fingerprint density at radius 2 is 1.95 bits per heavy atom. The second-order valence-electron chi connectivity index (χ2n) is 4.57. The van der Waals surface area contributed by atoms with E-state index in [0.29, 0.717) is 24.9 Å². The molecule has 8 heteroatoms. The van der Waals surface area contributed by atoms with E-state index in [1.54, 1.807) is 0 Å². The van der Waals surface area contributed by atoms with Gasteiger partial charge >= 0.3 is 12.3 Å². The first-order chi connectivity index (χ1) is 10.3. The molecule has 5 nitrogen and oxygen atoms in total. The van der Waals surface area contributed by atoms with Crippen molar-refractivity contribution in [2.24, 2.45) is 0 Å². The summed E-state index contributed by atoms with van der Waals surface area (Å²) in [5.41, 5.74) is 0.393. The highest BCUT2D eigenvalue weighted by molar-refractivity contribution is 5.78. The van der Waals surface area contributed by atoms with E-state index in [1.165, 1.54) is 12.1 Å². The largest absolute Gasteiger partial charge is 0.573 e. The quantitative estimate of drug-likeness (QED) is 0.722. The minimum Gasteiger partial charge on any atom is -0.481 e. The fourth-order valence-electron chi connectivity index (χ4n) is 1.73. The van der Waals surface area contributed by atoms with Crippen LogP contribution in [-0.2, 0) is 16.0 Å². The third kappa shape index (κ3) is 8.13. The number of benzene rings is 1. The normalized spacial score (nSPS) is 11.0. The maximum Gasteiger partial charge on any atom is 0.573 e. The van der Waals surface area contributed by atoms with Crippen LogP contribution < -0.4 is 10.1 Å². The number of carbonyl (C=O) groups excluding carboxylic acids is 1. The predicted octanol–water partition coefficient (Wildman–Crippen LogP) is 2.50. The molecule has 1 rings (SSSR count). The molecule has 0 unspecified atom stereocenters. The molecule has 0 spiro atoms. The lowest BCUT2D eigenvalue weighted by Gasteiger charge is -2.10. The van der Waals surface area contributed by atoms with Crippen LogP contribution in [0.5, 0.6) is 5.75 Å². The van der Waals surface area contributed by atoms with Crippen LogP contribution in [0.15, 0.2) is 24.3 Å². The molecule has 0 atom stereocenters. The topological polar surface area (TPSA) is 75.6 Å². The summed E-state index contributed by atoms with van der Waals surface area (Å²) in [6.07, 6.45) is -3.84. The van der Waals surface area contributed by atoms with Gasteiger partial charge in [-0.3, -0.25) is 9.59 Å². The number of ether oxygens (including phenoxy) is 1. The molecule has 0 saturated heterocycles. The number of carboxylic acids is 1. The van der Waals surface area contributed by atoms with Crippen molar-refractivity contribution in [1.82, 2.24) is 5.32 Å². The minimum absolute atomic E-state index is 0.0344. The molecule has 1 aromatic rings. The van der Waals surface area contributed by atoms with E-state index < -0.39 is 12.3 Å². The van der Waals surface area contributed by atoms with Crippen molar-refractivity contribution in [2.45, 2.75) is 32.0 Å². The molecule has 0 aliphatic rings. The van der Waals surface area contributed by atoms with E-state index >= 15 is 0 Å². The summed E-state index contributed by atoms with van der Waals surface area (Å²) in [6.45, 7) is 0.324. The van der Waals surface area contributed by atoms with Crippen molar-refractivity contribution in [3.8, 4) is 5.75 Å². The van der Waals surface area contributed by atoms with Gasteiger partial charge in [0, 0.05) is 13.0 Å². The third-order valence-electron chi connectivity index (χ3n) is 2.64. The van der Waals surface area contributed by atoms with Crippen molar-refractivity contribution in [1.29, 1.82) is 0 Å². The molecule has 0 radical (unpaired) electrons. The van der Waals surface area contributed by atoms with Gasteiger partial charge in [-0.1, -0.05) is 12.1 Å². The average molecular weight is 319 g/mol. The van der Waals surface area contributed by atoms with Gasteiger partial charge in [0.1, 0.15) is 5.75 Å². The molecule has 22 heavy (non-hydrogen) atoms. The SMILES string of the molecule is O=C(O)CCCCNC(=O)Cc1cccc(OC(F)(F)F)c1. The van der Waals surface area contributed by atoms with Gasteiger partial charge in [-0.25, -0.2) is 0 Å². The second-order valence-corrected chi connectivity index (χ2v) is 4.57. The monoisotopic (exact) mass is 319 g/mol. The smallest absolute Gasteiger partial charge is 0.481 e. The molecule has 0 fully saturated rings. The molecule has 1 amide bonds. The second kappa shape index (κ2) is 8.26. The zero-order valence-electron chi connectivity index (χ0n) is 11.7. The molecule has 0 heterocycles. The molecule has 0 bridgehead atoms. The molecule has 122 valence electrons. The number of halogens is 3. The van der Waals surface area contributed by atoms with Crippen molar-refractivity contribution >= 4 is 11.9 Å². The molecular weight excluding hydrogens is 303 g/mol. The third-order valence-corrected chi connectivity index (χ3v) is 2.64.